The number of ether oxygens (including phenoxy) is 1. The molecule has 120 valence electrons. The lowest BCUT2D eigenvalue weighted by molar-refractivity contribution is 0.0613. The van der Waals surface area contributed by atoms with Gasteiger partial charge in [-0.05, 0) is 49.8 Å². The Labute approximate surface area is 131 Å². The van der Waals surface area contributed by atoms with Gasteiger partial charge in [-0.3, -0.25) is 0 Å². The summed E-state index contributed by atoms with van der Waals surface area (Å²) in [4.78, 5) is 0. The molecule has 0 amide bonds. The van der Waals surface area contributed by atoms with Crippen molar-refractivity contribution >= 4 is 0 Å². The Kier molecular flexibility index (Phi) is 7.41. The van der Waals surface area contributed by atoms with E-state index in [0.717, 1.165) is 26.0 Å². The summed E-state index contributed by atoms with van der Waals surface area (Å²) >= 11 is 0. The summed E-state index contributed by atoms with van der Waals surface area (Å²) in [7, 11) is 0. The van der Waals surface area contributed by atoms with Crippen LogP contribution >= 0.6 is 0 Å². The number of hydrogen-bond donors (Lipinski definition) is 1. The van der Waals surface area contributed by atoms with Gasteiger partial charge in [0.05, 0.1) is 12.7 Å². The summed E-state index contributed by atoms with van der Waals surface area (Å²) in [5.74, 6) is 0. The molecule has 1 aromatic carbocycles. The first kappa shape index (κ1) is 18.2. The van der Waals surface area contributed by atoms with Gasteiger partial charge in [0.15, 0.2) is 0 Å². The lowest BCUT2D eigenvalue weighted by Crippen LogP contribution is -2.36. The van der Waals surface area contributed by atoms with Crippen LogP contribution in [0.4, 0.5) is 0 Å². The summed E-state index contributed by atoms with van der Waals surface area (Å²) in [6.45, 7) is 15.0. The van der Waals surface area contributed by atoms with Gasteiger partial charge in [-0.1, -0.05) is 52.0 Å². The highest BCUT2D eigenvalue weighted by atomic mass is 16.5. The molecule has 1 N–H and O–H groups in total. The van der Waals surface area contributed by atoms with Gasteiger partial charge in [-0.15, -0.1) is 0 Å². The van der Waals surface area contributed by atoms with Crippen molar-refractivity contribution in [1.82, 2.24) is 5.32 Å². The fraction of sp³-hybridized carbons (Fsp3) is 0.684. The molecule has 0 saturated heterocycles. The molecule has 0 aromatic heterocycles. The second-order valence-corrected chi connectivity index (χ2v) is 7.18. The van der Waals surface area contributed by atoms with E-state index in [4.69, 9.17) is 4.74 Å². The second-order valence-electron chi connectivity index (χ2n) is 7.18. The van der Waals surface area contributed by atoms with E-state index in [2.05, 4.69) is 71.1 Å². The number of benzene rings is 1. The minimum Gasteiger partial charge on any atom is -0.377 e. The molecule has 0 aliphatic carbocycles. The summed E-state index contributed by atoms with van der Waals surface area (Å²) in [6, 6.07) is 9.44. The predicted molar refractivity (Wildman–Crippen MR) is 92.0 cm³/mol. The average molecular weight is 291 g/mol. The van der Waals surface area contributed by atoms with E-state index in [0.29, 0.717) is 12.1 Å². The molecular formula is C19H33NO. The number of rotatable bonds is 8. The first-order valence-corrected chi connectivity index (χ1v) is 8.27. The van der Waals surface area contributed by atoms with Crippen molar-refractivity contribution in [3.05, 3.63) is 35.4 Å². The lowest BCUT2D eigenvalue weighted by Gasteiger charge is -2.22. The Balaban J connectivity index is 2.64. The molecule has 2 nitrogen and oxygen atoms in total. The lowest BCUT2D eigenvalue weighted by atomic mass is 9.86. The third-order valence-corrected chi connectivity index (χ3v) is 3.62. The first-order chi connectivity index (χ1) is 9.82. The summed E-state index contributed by atoms with van der Waals surface area (Å²) < 4.78 is 5.79. The van der Waals surface area contributed by atoms with Crippen LogP contribution in [0.15, 0.2) is 24.3 Å². The SMILES string of the molecule is CCCNC(COC(C)C)Cc1ccc(C(C)(C)C)cc1. The highest BCUT2D eigenvalue weighted by molar-refractivity contribution is 5.28. The van der Waals surface area contributed by atoms with Crippen LogP contribution in [0.3, 0.4) is 0 Å². The van der Waals surface area contributed by atoms with Gasteiger partial charge in [0.25, 0.3) is 0 Å². The van der Waals surface area contributed by atoms with Gasteiger partial charge in [-0.2, -0.15) is 0 Å². The van der Waals surface area contributed by atoms with E-state index in [1.54, 1.807) is 0 Å². The molecule has 1 aromatic rings. The Morgan fingerprint density at radius 2 is 1.71 bits per heavy atom. The van der Waals surface area contributed by atoms with Crippen LogP contribution in [-0.2, 0) is 16.6 Å². The van der Waals surface area contributed by atoms with Crippen molar-refractivity contribution in [1.29, 1.82) is 0 Å². The molecule has 0 aliphatic rings. The standard InChI is InChI=1S/C19H33NO/c1-7-12-20-18(14-21-15(2)3)13-16-8-10-17(11-9-16)19(4,5)6/h8-11,15,18,20H,7,12-14H2,1-6H3. The van der Waals surface area contributed by atoms with Crippen LogP contribution in [0.2, 0.25) is 0 Å². The largest absolute Gasteiger partial charge is 0.377 e. The molecule has 0 heterocycles. The summed E-state index contributed by atoms with van der Waals surface area (Å²) in [5.41, 5.74) is 2.99. The van der Waals surface area contributed by atoms with Crippen molar-refractivity contribution in [3.8, 4) is 0 Å². The summed E-state index contributed by atoms with van der Waals surface area (Å²) in [6.07, 6.45) is 2.47. The van der Waals surface area contributed by atoms with Crippen molar-refractivity contribution in [2.75, 3.05) is 13.2 Å². The van der Waals surface area contributed by atoms with Gasteiger partial charge in [-0.25, -0.2) is 0 Å². The second kappa shape index (κ2) is 8.55. The van der Waals surface area contributed by atoms with E-state index in [-0.39, 0.29) is 5.41 Å². The monoisotopic (exact) mass is 291 g/mol. The minimum absolute atomic E-state index is 0.221. The highest BCUT2D eigenvalue weighted by Crippen LogP contribution is 2.22. The number of hydrogen-bond acceptors (Lipinski definition) is 2. The molecule has 0 spiro atoms. The molecule has 1 atom stereocenters. The first-order valence-electron chi connectivity index (χ1n) is 8.27. The van der Waals surface area contributed by atoms with Crippen molar-refractivity contribution in [2.24, 2.45) is 0 Å². The molecule has 2 heteroatoms. The van der Waals surface area contributed by atoms with Crippen LogP contribution in [0.1, 0.15) is 59.1 Å². The van der Waals surface area contributed by atoms with E-state index in [9.17, 15) is 0 Å². The third kappa shape index (κ3) is 7.10. The topological polar surface area (TPSA) is 21.3 Å². The molecule has 0 aliphatic heterocycles. The predicted octanol–water partition coefficient (Wildman–Crippen LogP) is 4.32. The van der Waals surface area contributed by atoms with Gasteiger partial charge in [0.2, 0.25) is 0 Å². The Bertz CT molecular complexity index is 389. The van der Waals surface area contributed by atoms with Crippen LogP contribution in [-0.4, -0.2) is 25.3 Å². The van der Waals surface area contributed by atoms with E-state index < -0.39 is 0 Å². The zero-order chi connectivity index (χ0) is 15.9. The molecule has 21 heavy (non-hydrogen) atoms. The highest BCUT2D eigenvalue weighted by Gasteiger charge is 2.14. The van der Waals surface area contributed by atoms with Gasteiger partial charge >= 0.3 is 0 Å². The molecule has 0 saturated carbocycles. The van der Waals surface area contributed by atoms with Gasteiger partial charge in [0, 0.05) is 6.04 Å². The molecular weight excluding hydrogens is 258 g/mol. The van der Waals surface area contributed by atoms with E-state index in [1.807, 2.05) is 0 Å². The fourth-order valence-corrected chi connectivity index (χ4v) is 2.27. The number of nitrogens with one attached hydrogen (secondary N) is 1. The van der Waals surface area contributed by atoms with Crippen LogP contribution < -0.4 is 5.32 Å². The maximum absolute atomic E-state index is 5.79. The molecule has 0 fully saturated rings. The van der Waals surface area contributed by atoms with Crippen molar-refractivity contribution in [2.45, 2.75) is 71.9 Å². The maximum atomic E-state index is 5.79. The molecule has 1 rings (SSSR count). The van der Waals surface area contributed by atoms with Crippen molar-refractivity contribution < 1.29 is 4.74 Å². The quantitative estimate of drug-likeness (QED) is 0.770. The Morgan fingerprint density at radius 1 is 1.10 bits per heavy atom. The van der Waals surface area contributed by atoms with Crippen LogP contribution in [0.25, 0.3) is 0 Å². The smallest absolute Gasteiger partial charge is 0.0626 e. The fourth-order valence-electron chi connectivity index (χ4n) is 2.27. The van der Waals surface area contributed by atoms with E-state index in [1.165, 1.54) is 11.1 Å². The van der Waals surface area contributed by atoms with E-state index >= 15 is 0 Å². The minimum atomic E-state index is 0.221. The zero-order valence-corrected chi connectivity index (χ0v) is 14.7. The van der Waals surface area contributed by atoms with Crippen LogP contribution in [0, 0.1) is 0 Å². The molecule has 0 radical (unpaired) electrons. The summed E-state index contributed by atoms with van der Waals surface area (Å²) in [5, 5.41) is 3.59. The Hall–Kier alpha value is -0.860. The van der Waals surface area contributed by atoms with Gasteiger partial charge in [0.1, 0.15) is 0 Å². The average Bonchev–Trinajstić information content (AvgIpc) is 2.41. The van der Waals surface area contributed by atoms with Gasteiger partial charge < -0.3 is 10.1 Å². The normalized spacial score (nSPS) is 13.7. The molecule has 1 unspecified atom stereocenters. The maximum Gasteiger partial charge on any atom is 0.0626 e. The van der Waals surface area contributed by atoms with Crippen LogP contribution in [0.5, 0.6) is 0 Å². The van der Waals surface area contributed by atoms with Crippen molar-refractivity contribution in [3.63, 3.8) is 0 Å². The zero-order valence-electron chi connectivity index (χ0n) is 14.7. The third-order valence-electron chi connectivity index (χ3n) is 3.62. The Morgan fingerprint density at radius 3 is 2.19 bits per heavy atom. The molecule has 0 bridgehead atoms.